The third-order valence-electron chi connectivity index (χ3n) is 5.75. The van der Waals surface area contributed by atoms with Crippen LogP contribution < -0.4 is 5.32 Å². The summed E-state index contributed by atoms with van der Waals surface area (Å²) in [7, 11) is 0. The van der Waals surface area contributed by atoms with Crippen LogP contribution in [0.4, 0.5) is 5.69 Å². The Kier molecular flexibility index (Phi) is 7.67. The second-order valence-corrected chi connectivity index (χ2v) is 9.28. The summed E-state index contributed by atoms with van der Waals surface area (Å²) < 4.78 is 12.7. The number of carbonyl (C=O) groups is 1. The number of anilines is 1. The van der Waals surface area contributed by atoms with Gasteiger partial charge in [-0.2, -0.15) is 5.10 Å². The number of aromatic amines is 1. The second-order valence-electron chi connectivity index (χ2n) is 8.27. The topological polar surface area (TPSA) is 122 Å². The minimum Gasteiger partial charge on any atom is -0.392 e. The summed E-state index contributed by atoms with van der Waals surface area (Å²) in [5.41, 5.74) is 3.76. The zero-order valence-corrected chi connectivity index (χ0v) is 20.1. The largest absolute Gasteiger partial charge is 0.392 e. The molecule has 0 saturated carbocycles. The lowest BCUT2D eigenvalue weighted by molar-refractivity contribution is -0.245. The number of ether oxygens (including phenoxy) is 2. The third-order valence-corrected chi connectivity index (χ3v) is 6.76. The van der Waals surface area contributed by atoms with Crippen molar-refractivity contribution < 1.29 is 19.4 Å². The number of rotatable bonds is 8. The molecule has 1 aliphatic heterocycles. The van der Waals surface area contributed by atoms with E-state index in [4.69, 9.17) is 9.47 Å². The maximum Gasteiger partial charge on any atom is 0.257 e. The number of aliphatic hydroxyl groups excluding tert-OH is 1. The lowest BCUT2D eigenvalue weighted by Crippen LogP contribution is -2.31. The number of aliphatic hydroxyl groups is 1. The Morgan fingerprint density at radius 3 is 2.75 bits per heavy atom. The van der Waals surface area contributed by atoms with Crippen molar-refractivity contribution in [1.82, 2.24) is 20.2 Å². The molecule has 36 heavy (non-hydrogen) atoms. The fourth-order valence-corrected chi connectivity index (χ4v) is 4.72. The summed E-state index contributed by atoms with van der Waals surface area (Å²) in [5.74, 6) is 0.423. The smallest absolute Gasteiger partial charge is 0.257 e. The number of hydrogen-bond donors (Lipinski definition) is 3. The van der Waals surface area contributed by atoms with E-state index in [0.29, 0.717) is 23.4 Å². The lowest BCUT2D eigenvalue weighted by Gasteiger charge is -2.36. The Morgan fingerprint density at radius 1 is 1.11 bits per heavy atom. The monoisotopic (exact) mass is 503 g/mol. The van der Waals surface area contributed by atoms with Crippen LogP contribution in [0.2, 0.25) is 0 Å². The molecule has 1 aliphatic rings. The highest BCUT2D eigenvalue weighted by Crippen LogP contribution is 2.39. The Balaban J connectivity index is 1.35. The minimum atomic E-state index is -0.628. The number of carbonyl (C=O) groups excluding carboxylic acids is 1. The average molecular weight is 504 g/mol. The quantitative estimate of drug-likeness (QED) is 0.305. The highest BCUT2D eigenvalue weighted by atomic mass is 32.2. The molecule has 1 saturated heterocycles. The van der Waals surface area contributed by atoms with Gasteiger partial charge in [0.1, 0.15) is 6.33 Å². The summed E-state index contributed by atoms with van der Waals surface area (Å²) in [6.07, 6.45) is 4.34. The van der Waals surface area contributed by atoms with Crippen molar-refractivity contribution in [2.75, 3.05) is 11.1 Å². The summed E-state index contributed by atoms with van der Waals surface area (Å²) in [5, 5.41) is 19.8. The van der Waals surface area contributed by atoms with Gasteiger partial charge < -0.3 is 19.9 Å². The number of aromatic nitrogens is 4. The van der Waals surface area contributed by atoms with Crippen molar-refractivity contribution in [3.63, 3.8) is 0 Å². The fraction of sp³-hybridized carbons (Fsp3) is 0.231. The fourth-order valence-electron chi connectivity index (χ4n) is 3.92. The van der Waals surface area contributed by atoms with Gasteiger partial charge in [-0.15, -0.1) is 0 Å². The molecule has 2 aromatic carbocycles. The van der Waals surface area contributed by atoms with Crippen LogP contribution in [-0.4, -0.2) is 43.0 Å². The molecular formula is C26H25N5O4S. The molecule has 4 aromatic rings. The van der Waals surface area contributed by atoms with E-state index in [2.05, 4.69) is 25.5 Å². The van der Waals surface area contributed by atoms with Crippen LogP contribution in [0.3, 0.4) is 0 Å². The normalized spacial score (nSPS) is 19.6. The number of H-pyrrole nitrogens is 1. The maximum atomic E-state index is 12.6. The molecule has 184 valence electrons. The molecule has 3 N–H and O–H groups in total. The number of thioether (sulfide) groups is 1. The van der Waals surface area contributed by atoms with Gasteiger partial charge >= 0.3 is 0 Å². The summed E-state index contributed by atoms with van der Waals surface area (Å²) >= 11 is 1.54. The van der Waals surface area contributed by atoms with Crippen molar-refractivity contribution in [3.05, 3.63) is 102 Å². The van der Waals surface area contributed by atoms with Gasteiger partial charge in [0.2, 0.25) is 0 Å². The first kappa shape index (κ1) is 24.1. The van der Waals surface area contributed by atoms with Crippen LogP contribution in [0.1, 0.15) is 45.9 Å². The number of benzene rings is 2. The van der Waals surface area contributed by atoms with E-state index >= 15 is 0 Å². The van der Waals surface area contributed by atoms with Crippen LogP contribution in [0.5, 0.6) is 0 Å². The van der Waals surface area contributed by atoms with Gasteiger partial charge in [-0.25, -0.2) is 4.98 Å². The molecule has 9 nitrogen and oxygen atoms in total. The van der Waals surface area contributed by atoms with Crippen LogP contribution in [-0.2, 0) is 16.1 Å². The zero-order chi connectivity index (χ0) is 24.7. The van der Waals surface area contributed by atoms with E-state index in [9.17, 15) is 9.90 Å². The van der Waals surface area contributed by atoms with Gasteiger partial charge in [0.25, 0.3) is 5.91 Å². The van der Waals surface area contributed by atoms with Crippen LogP contribution in [0.25, 0.3) is 0 Å². The molecule has 10 heteroatoms. The average Bonchev–Trinajstić information content (AvgIpc) is 3.46. The van der Waals surface area contributed by atoms with Crippen LogP contribution in [0.15, 0.2) is 84.5 Å². The molecule has 1 fully saturated rings. The predicted octanol–water partition coefficient (Wildman–Crippen LogP) is 4.28. The molecule has 1 amide bonds. The Bertz CT molecular complexity index is 1270. The molecule has 0 unspecified atom stereocenters. The summed E-state index contributed by atoms with van der Waals surface area (Å²) in [6, 6.07) is 18.6. The molecule has 5 rings (SSSR count). The number of pyridine rings is 1. The molecule has 0 radical (unpaired) electrons. The van der Waals surface area contributed by atoms with E-state index < -0.39 is 6.29 Å². The van der Waals surface area contributed by atoms with Gasteiger partial charge in [0.05, 0.1) is 24.4 Å². The number of nitrogens with one attached hydrogen (secondary N) is 2. The maximum absolute atomic E-state index is 12.6. The first-order valence-corrected chi connectivity index (χ1v) is 12.5. The number of hydrogen-bond acceptors (Lipinski definition) is 8. The van der Waals surface area contributed by atoms with E-state index in [-0.39, 0.29) is 24.7 Å². The first-order valence-electron chi connectivity index (χ1n) is 11.5. The van der Waals surface area contributed by atoms with Crippen LogP contribution >= 0.6 is 11.8 Å². The van der Waals surface area contributed by atoms with Crippen molar-refractivity contribution >= 4 is 23.4 Å². The summed E-state index contributed by atoms with van der Waals surface area (Å²) in [4.78, 5) is 20.8. The summed E-state index contributed by atoms with van der Waals surface area (Å²) in [6.45, 7) is -0.00839. The Hall–Kier alpha value is -3.57. The highest BCUT2D eigenvalue weighted by Gasteiger charge is 2.32. The van der Waals surface area contributed by atoms with Gasteiger partial charge in [0.15, 0.2) is 11.4 Å². The standard InChI is InChI=1S/C26H25N5O4S/c32-14-17-6-8-18(9-7-17)23-12-22(15-36-26-28-16-29-31-26)34-25(35-23)19-3-1-5-21(11-19)30-24(33)20-4-2-10-27-13-20/h1-11,13,16,22-23,25,32H,12,14-15H2,(H,30,33)(H,28,29,31)/t22-,23+,25+/m1/s1. The van der Waals surface area contributed by atoms with E-state index in [1.807, 2.05) is 48.5 Å². The minimum absolute atomic E-state index is 0.00839. The molecule has 3 atom stereocenters. The molecule has 0 spiro atoms. The first-order chi connectivity index (χ1) is 17.7. The van der Waals surface area contributed by atoms with Gasteiger partial charge in [0, 0.05) is 35.8 Å². The van der Waals surface area contributed by atoms with Crippen LogP contribution in [0, 0.1) is 0 Å². The number of nitrogens with zero attached hydrogens (tertiary/aromatic N) is 3. The third kappa shape index (κ3) is 5.97. The van der Waals surface area contributed by atoms with Crippen molar-refractivity contribution in [3.8, 4) is 0 Å². The van der Waals surface area contributed by atoms with E-state index in [0.717, 1.165) is 21.8 Å². The van der Waals surface area contributed by atoms with E-state index in [1.165, 1.54) is 24.3 Å². The van der Waals surface area contributed by atoms with Gasteiger partial charge in [-0.1, -0.05) is 48.2 Å². The Labute approximate surface area is 212 Å². The second kappa shape index (κ2) is 11.4. The zero-order valence-electron chi connectivity index (χ0n) is 19.3. The molecule has 2 aromatic heterocycles. The number of amides is 1. The van der Waals surface area contributed by atoms with Gasteiger partial charge in [-0.3, -0.25) is 14.9 Å². The Morgan fingerprint density at radius 2 is 2.00 bits per heavy atom. The van der Waals surface area contributed by atoms with Gasteiger partial charge in [-0.05, 0) is 35.4 Å². The van der Waals surface area contributed by atoms with Crippen molar-refractivity contribution in [1.29, 1.82) is 0 Å². The molecule has 0 bridgehead atoms. The van der Waals surface area contributed by atoms with Crippen molar-refractivity contribution in [2.45, 2.75) is 36.7 Å². The predicted molar refractivity (Wildman–Crippen MR) is 134 cm³/mol. The lowest BCUT2D eigenvalue weighted by atomic mass is 10.0. The van der Waals surface area contributed by atoms with E-state index in [1.54, 1.807) is 18.3 Å². The molecule has 0 aliphatic carbocycles. The molecular weight excluding hydrogens is 478 g/mol. The van der Waals surface area contributed by atoms with Crippen molar-refractivity contribution in [2.24, 2.45) is 0 Å². The molecule has 3 heterocycles. The SMILES string of the molecule is O=C(Nc1cccc([C@H]2O[C@@H](CSc3ncn[nH]3)C[C@@H](c3ccc(CO)cc3)O2)c1)c1cccnc1. The highest BCUT2D eigenvalue weighted by molar-refractivity contribution is 7.99.